The summed E-state index contributed by atoms with van der Waals surface area (Å²) in [6, 6.07) is 12.4. The van der Waals surface area contributed by atoms with Crippen molar-refractivity contribution >= 4 is 29.5 Å². The van der Waals surface area contributed by atoms with E-state index in [9.17, 15) is 31.5 Å². The Morgan fingerprint density at radius 2 is 1.78 bits per heavy atom. The van der Waals surface area contributed by atoms with E-state index in [2.05, 4.69) is 47.1 Å². The first-order chi connectivity index (χ1) is 23.5. The van der Waals surface area contributed by atoms with E-state index < -0.39 is 54.7 Å². The van der Waals surface area contributed by atoms with Crippen molar-refractivity contribution in [1.29, 1.82) is 0 Å². The third-order valence-corrected chi connectivity index (χ3v) is 8.09. The molecule has 2 aliphatic rings. The molecule has 2 amide bonds. The van der Waals surface area contributed by atoms with Gasteiger partial charge in [0.25, 0.3) is 12.3 Å². The van der Waals surface area contributed by atoms with Crippen molar-refractivity contribution in [3.63, 3.8) is 0 Å². The Bertz CT molecular complexity index is 1830. The Labute approximate surface area is 288 Å². The van der Waals surface area contributed by atoms with Gasteiger partial charge in [-0.3, -0.25) is 9.69 Å². The number of hydrogen-bond acceptors (Lipinski definition) is 9. The van der Waals surface area contributed by atoms with Gasteiger partial charge >= 0.3 is 12.3 Å². The summed E-state index contributed by atoms with van der Waals surface area (Å²) in [7, 11) is 0. The number of carbonyl (C=O) groups excluding carboxylic acids is 2. The number of ether oxygens (including phenoxy) is 1. The third kappa shape index (κ3) is 8.26. The largest absolute Gasteiger partial charge is 0.447 e. The van der Waals surface area contributed by atoms with E-state index in [4.69, 9.17) is 10.5 Å². The highest BCUT2D eigenvalue weighted by molar-refractivity contribution is 7.03. The second-order valence-corrected chi connectivity index (χ2v) is 14.0. The van der Waals surface area contributed by atoms with Gasteiger partial charge < -0.3 is 15.8 Å². The van der Waals surface area contributed by atoms with Gasteiger partial charge in [-0.05, 0) is 59.1 Å². The van der Waals surface area contributed by atoms with Gasteiger partial charge in [0, 0.05) is 10.9 Å². The van der Waals surface area contributed by atoms with Gasteiger partial charge in [0.05, 0.1) is 17.4 Å². The SMILES string of the molecule is CC(C)(C)C.NC1=NC(c2ccc(-c3ccsn3)cc2)C(=O)N1C(COC(=O)NC1(C(F)(F)F)CC1)c1cccc(-n2ncnc2C(F)F)c1. The molecule has 17 heteroatoms. The molecule has 0 saturated heterocycles. The van der Waals surface area contributed by atoms with Crippen molar-refractivity contribution < 1.29 is 36.3 Å². The normalized spacial score (nSPS) is 17.6. The molecule has 11 nitrogen and oxygen atoms in total. The summed E-state index contributed by atoms with van der Waals surface area (Å²) in [6.45, 7) is 8.11. The summed E-state index contributed by atoms with van der Waals surface area (Å²) >= 11 is 1.29. The van der Waals surface area contributed by atoms with Gasteiger partial charge in [0.15, 0.2) is 17.8 Å². The molecule has 6 rings (SSSR count). The Hall–Kier alpha value is -4.93. The van der Waals surface area contributed by atoms with Gasteiger partial charge in [-0.25, -0.2) is 28.2 Å². The van der Waals surface area contributed by atoms with Crippen LogP contribution in [0.4, 0.5) is 26.7 Å². The molecule has 1 saturated carbocycles. The summed E-state index contributed by atoms with van der Waals surface area (Å²) < 4.78 is 77.7. The van der Waals surface area contributed by atoms with E-state index >= 15 is 0 Å². The molecule has 0 bridgehead atoms. The van der Waals surface area contributed by atoms with Gasteiger partial charge in [0.1, 0.15) is 18.5 Å². The predicted molar refractivity (Wildman–Crippen MR) is 175 cm³/mol. The molecule has 266 valence electrons. The average Bonchev–Trinajstić information content (AvgIpc) is 3.38. The van der Waals surface area contributed by atoms with E-state index in [0.29, 0.717) is 11.0 Å². The zero-order valence-corrected chi connectivity index (χ0v) is 28.3. The number of rotatable bonds is 9. The fourth-order valence-electron chi connectivity index (χ4n) is 4.99. The zero-order chi connectivity index (χ0) is 36.4. The topological polar surface area (TPSA) is 141 Å². The minimum absolute atomic E-state index is 0.139. The number of hydrogen-bond donors (Lipinski definition) is 2. The molecule has 2 aromatic heterocycles. The maximum Gasteiger partial charge on any atom is 0.411 e. The number of guanidine groups is 1. The lowest BCUT2D eigenvalue weighted by atomic mass is 10.0. The van der Waals surface area contributed by atoms with Gasteiger partial charge in [0.2, 0.25) is 0 Å². The Morgan fingerprint density at radius 3 is 2.36 bits per heavy atom. The first-order valence-corrected chi connectivity index (χ1v) is 16.3. The lowest BCUT2D eigenvalue weighted by molar-refractivity contribution is -0.164. The minimum Gasteiger partial charge on any atom is -0.447 e. The summed E-state index contributed by atoms with van der Waals surface area (Å²) in [5, 5.41) is 7.55. The van der Waals surface area contributed by atoms with Crippen LogP contribution in [0.15, 0.2) is 71.3 Å². The lowest BCUT2D eigenvalue weighted by Gasteiger charge is -2.29. The first-order valence-electron chi connectivity index (χ1n) is 15.4. The van der Waals surface area contributed by atoms with Crippen LogP contribution >= 0.6 is 11.5 Å². The van der Waals surface area contributed by atoms with E-state index in [1.165, 1.54) is 35.8 Å². The molecule has 2 unspecified atom stereocenters. The monoisotopic (exact) mass is 718 g/mol. The highest BCUT2D eigenvalue weighted by Gasteiger charge is 2.64. The van der Waals surface area contributed by atoms with E-state index in [1.54, 1.807) is 24.3 Å². The summed E-state index contributed by atoms with van der Waals surface area (Å²) in [5.41, 5.74) is 6.81. The van der Waals surface area contributed by atoms with Crippen LogP contribution in [0.3, 0.4) is 0 Å². The molecule has 3 heterocycles. The van der Waals surface area contributed by atoms with Gasteiger partial charge in [-0.1, -0.05) is 64.1 Å². The first kappa shape index (κ1) is 36.4. The van der Waals surface area contributed by atoms with E-state index in [-0.39, 0.29) is 30.1 Å². The number of nitrogens with two attached hydrogens (primary N) is 1. The molecule has 2 aromatic carbocycles. The number of alkyl carbamates (subject to hydrolysis) is 1. The number of aliphatic imine (C=N–C) groups is 1. The van der Waals surface area contributed by atoms with Crippen LogP contribution < -0.4 is 11.1 Å². The molecule has 1 aliphatic carbocycles. The maximum absolute atomic E-state index is 13.8. The second-order valence-electron chi connectivity index (χ2n) is 13.3. The number of halogens is 5. The van der Waals surface area contributed by atoms with Crippen molar-refractivity contribution in [2.24, 2.45) is 16.1 Å². The van der Waals surface area contributed by atoms with Gasteiger partial charge in [-0.2, -0.15) is 22.6 Å². The van der Waals surface area contributed by atoms with Crippen molar-refractivity contribution in [3.05, 3.63) is 83.3 Å². The highest BCUT2D eigenvalue weighted by atomic mass is 32.1. The van der Waals surface area contributed by atoms with Crippen molar-refractivity contribution in [2.45, 2.75) is 70.8 Å². The smallest absolute Gasteiger partial charge is 0.411 e. The van der Waals surface area contributed by atoms with Crippen LogP contribution in [-0.2, 0) is 9.53 Å². The van der Waals surface area contributed by atoms with Crippen LogP contribution in [0.25, 0.3) is 16.9 Å². The van der Waals surface area contributed by atoms with Crippen molar-refractivity contribution in [1.82, 2.24) is 29.4 Å². The molecule has 3 N–H and O–H groups in total. The molecule has 0 spiro atoms. The standard InChI is InChI=1S/C28H23F5N8O3S.C5H12/c29-22(30)23-35-14-36-41(23)18-3-1-2-17(12-18)20(13-44-26(43)38-27(9-10-27)28(31,32)33)40-24(42)21(37-25(40)34)16-6-4-15(5-7-16)19-8-11-45-39-19;1-5(2,3)4/h1-8,11-12,14,20-22H,9-10,13H2,(H2,34,37)(H,38,43);1-4H3. The summed E-state index contributed by atoms with van der Waals surface area (Å²) in [6.07, 6.45) is -8.62. The molecule has 1 aliphatic heterocycles. The summed E-state index contributed by atoms with van der Waals surface area (Å²) in [5.74, 6) is -1.48. The Balaban J connectivity index is 0.000000908. The number of nitrogens with zero attached hydrogens (tertiary/aromatic N) is 6. The zero-order valence-electron chi connectivity index (χ0n) is 27.5. The quantitative estimate of drug-likeness (QED) is 0.175. The minimum atomic E-state index is -4.68. The Morgan fingerprint density at radius 1 is 1.10 bits per heavy atom. The Kier molecular flexibility index (Phi) is 10.3. The number of alkyl halides is 5. The fourth-order valence-corrected chi connectivity index (χ4v) is 5.53. The highest BCUT2D eigenvalue weighted by Crippen LogP contribution is 2.49. The van der Waals surface area contributed by atoms with Crippen molar-refractivity contribution in [3.8, 4) is 16.9 Å². The van der Waals surface area contributed by atoms with E-state index in [0.717, 1.165) is 27.2 Å². The van der Waals surface area contributed by atoms with Crippen LogP contribution in [0.2, 0.25) is 0 Å². The maximum atomic E-state index is 13.8. The number of carbonyl (C=O) groups is 2. The molecule has 50 heavy (non-hydrogen) atoms. The summed E-state index contributed by atoms with van der Waals surface area (Å²) in [4.78, 5) is 35.3. The van der Waals surface area contributed by atoms with Gasteiger partial charge in [-0.15, -0.1) is 0 Å². The number of aromatic nitrogens is 4. The number of nitrogens with one attached hydrogen (secondary N) is 1. The fraction of sp³-hybridized carbons (Fsp3) is 0.394. The molecular weight excluding hydrogens is 683 g/mol. The molecule has 4 aromatic rings. The predicted octanol–water partition coefficient (Wildman–Crippen LogP) is 7.14. The van der Waals surface area contributed by atoms with E-state index in [1.807, 2.05) is 16.8 Å². The third-order valence-electron chi connectivity index (χ3n) is 7.53. The van der Waals surface area contributed by atoms with Crippen LogP contribution in [0.1, 0.15) is 76.0 Å². The molecular formula is C33H35F5N8O3S. The van der Waals surface area contributed by atoms with Crippen molar-refractivity contribution in [2.75, 3.05) is 6.61 Å². The number of benzene rings is 2. The molecule has 0 radical (unpaired) electrons. The number of amides is 2. The van der Waals surface area contributed by atoms with Crippen LogP contribution in [0, 0.1) is 5.41 Å². The van der Waals surface area contributed by atoms with Crippen LogP contribution in [-0.4, -0.2) is 60.3 Å². The van der Waals surface area contributed by atoms with Crippen LogP contribution in [0.5, 0.6) is 0 Å². The average molecular weight is 719 g/mol. The second kappa shape index (κ2) is 14.1. The molecule has 2 atom stereocenters. The lowest BCUT2D eigenvalue weighted by Crippen LogP contribution is -2.49. The molecule has 1 fully saturated rings.